The molecule has 144 valence electrons. The zero-order valence-electron chi connectivity index (χ0n) is 15.9. The van der Waals surface area contributed by atoms with Gasteiger partial charge in [-0.25, -0.2) is 0 Å². The van der Waals surface area contributed by atoms with E-state index in [0.717, 1.165) is 62.4 Å². The van der Waals surface area contributed by atoms with Crippen molar-refractivity contribution in [2.24, 2.45) is 0 Å². The molecule has 0 bridgehead atoms. The van der Waals surface area contributed by atoms with Crippen LogP contribution in [0.3, 0.4) is 0 Å². The van der Waals surface area contributed by atoms with Gasteiger partial charge in [0.15, 0.2) is 0 Å². The lowest BCUT2D eigenvalue weighted by Crippen LogP contribution is -2.52. The minimum absolute atomic E-state index is 0.0330. The number of ether oxygens (including phenoxy) is 1. The van der Waals surface area contributed by atoms with Crippen LogP contribution in [0, 0.1) is 0 Å². The summed E-state index contributed by atoms with van der Waals surface area (Å²) in [5, 5.41) is 3.25. The van der Waals surface area contributed by atoms with E-state index in [-0.39, 0.29) is 17.6 Å². The number of nitrogens with zero attached hydrogens (tertiary/aromatic N) is 1. The first-order valence-electron chi connectivity index (χ1n) is 9.99. The van der Waals surface area contributed by atoms with Gasteiger partial charge in [-0.1, -0.05) is 25.1 Å². The molecule has 0 radical (unpaired) electrons. The predicted molar refractivity (Wildman–Crippen MR) is 103 cm³/mol. The van der Waals surface area contributed by atoms with Crippen LogP contribution in [0.5, 0.6) is 5.75 Å². The van der Waals surface area contributed by atoms with Gasteiger partial charge in [-0.05, 0) is 37.5 Å². The number of fused-ring (bicyclic) bond motifs is 1. The number of para-hydroxylation sites is 1. The van der Waals surface area contributed by atoms with E-state index in [0.29, 0.717) is 6.42 Å². The second kappa shape index (κ2) is 7.77. The van der Waals surface area contributed by atoms with E-state index in [4.69, 9.17) is 9.15 Å². The van der Waals surface area contributed by atoms with Crippen LogP contribution in [0.4, 0.5) is 0 Å². The van der Waals surface area contributed by atoms with Gasteiger partial charge < -0.3 is 14.5 Å². The molecule has 0 aliphatic carbocycles. The molecule has 1 amide bonds. The number of likely N-dealkylation sites (tertiary alicyclic amines) is 1. The fourth-order valence-electron chi connectivity index (χ4n) is 4.29. The van der Waals surface area contributed by atoms with Crippen molar-refractivity contribution < 1.29 is 13.9 Å². The minimum atomic E-state index is -0.196. The first-order chi connectivity index (χ1) is 13.2. The minimum Gasteiger partial charge on any atom is -0.487 e. The number of carbonyl (C=O) groups is 1. The highest BCUT2D eigenvalue weighted by Crippen LogP contribution is 2.44. The molecule has 1 spiro atoms. The number of rotatable bonds is 5. The van der Waals surface area contributed by atoms with Crippen LogP contribution < -0.4 is 10.1 Å². The van der Waals surface area contributed by atoms with Crippen molar-refractivity contribution in [3.63, 3.8) is 0 Å². The standard InChI is InChI=1S/C22H28N2O3/c1-2-6-21(25)23-19-15-22(27-20-9-4-3-8-18(19)20)10-12-24(13-11-22)16-17-7-5-14-26-17/h3-5,7-9,14,19H,2,6,10-13,15-16H2,1H3,(H,23,25)/t19-/m0/s1. The van der Waals surface area contributed by atoms with Gasteiger partial charge in [-0.15, -0.1) is 0 Å². The number of hydrogen-bond acceptors (Lipinski definition) is 4. The van der Waals surface area contributed by atoms with Gasteiger partial charge >= 0.3 is 0 Å². The molecule has 4 rings (SSSR count). The van der Waals surface area contributed by atoms with Crippen LogP contribution in [0.2, 0.25) is 0 Å². The second-order valence-electron chi connectivity index (χ2n) is 7.75. The number of amides is 1. The molecule has 2 aromatic rings. The Morgan fingerprint density at radius 1 is 1.22 bits per heavy atom. The van der Waals surface area contributed by atoms with E-state index in [9.17, 15) is 4.79 Å². The molecule has 3 heterocycles. The lowest BCUT2D eigenvalue weighted by molar-refractivity contribution is -0.122. The fourth-order valence-corrected chi connectivity index (χ4v) is 4.29. The lowest BCUT2D eigenvalue weighted by Gasteiger charge is -2.47. The quantitative estimate of drug-likeness (QED) is 0.865. The largest absolute Gasteiger partial charge is 0.487 e. The number of piperidine rings is 1. The summed E-state index contributed by atoms with van der Waals surface area (Å²) in [7, 11) is 0. The smallest absolute Gasteiger partial charge is 0.220 e. The van der Waals surface area contributed by atoms with Gasteiger partial charge in [0, 0.05) is 31.5 Å². The molecule has 2 aliphatic rings. The monoisotopic (exact) mass is 368 g/mol. The summed E-state index contributed by atoms with van der Waals surface area (Å²) in [4.78, 5) is 14.7. The van der Waals surface area contributed by atoms with Crippen LogP contribution in [0.15, 0.2) is 47.1 Å². The number of nitrogens with one attached hydrogen (secondary N) is 1. The number of furan rings is 1. The molecule has 0 saturated carbocycles. The molecule has 1 atom stereocenters. The summed E-state index contributed by atoms with van der Waals surface area (Å²) in [6.45, 7) is 4.82. The third kappa shape index (κ3) is 4.03. The van der Waals surface area contributed by atoms with E-state index >= 15 is 0 Å². The van der Waals surface area contributed by atoms with Gasteiger partial charge in [0.05, 0.1) is 18.8 Å². The van der Waals surface area contributed by atoms with E-state index in [1.165, 1.54) is 0 Å². The maximum atomic E-state index is 12.3. The summed E-state index contributed by atoms with van der Waals surface area (Å²) in [5.41, 5.74) is 0.906. The highest BCUT2D eigenvalue weighted by molar-refractivity contribution is 5.76. The Bertz CT molecular complexity index is 764. The summed E-state index contributed by atoms with van der Waals surface area (Å²) in [6.07, 6.45) is 5.93. The second-order valence-corrected chi connectivity index (χ2v) is 7.75. The molecule has 2 aliphatic heterocycles. The summed E-state index contributed by atoms with van der Waals surface area (Å²) >= 11 is 0. The summed E-state index contributed by atoms with van der Waals surface area (Å²) < 4.78 is 12.0. The van der Waals surface area contributed by atoms with Gasteiger partial charge in [0.25, 0.3) is 0 Å². The molecule has 1 N–H and O–H groups in total. The van der Waals surface area contributed by atoms with E-state index in [2.05, 4.69) is 16.3 Å². The molecule has 1 aromatic carbocycles. The molecule has 0 unspecified atom stereocenters. The van der Waals surface area contributed by atoms with Crippen LogP contribution in [-0.2, 0) is 11.3 Å². The van der Waals surface area contributed by atoms with Crippen molar-refractivity contribution in [2.45, 2.75) is 57.2 Å². The average molecular weight is 368 g/mol. The van der Waals surface area contributed by atoms with Crippen LogP contribution in [0.25, 0.3) is 0 Å². The van der Waals surface area contributed by atoms with E-state index in [1.54, 1.807) is 6.26 Å². The Balaban J connectivity index is 1.46. The summed E-state index contributed by atoms with van der Waals surface area (Å²) in [6, 6.07) is 12.1. The van der Waals surface area contributed by atoms with Gasteiger partial charge in [-0.3, -0.25) is 9.69 Å². The third-order valence-electron chi connectivity index (χ3n) is 5.74. The average Bonchev–Trinajstić information content (AvgIpc) is 3.17. The van der Waals surface area contributed by atoms with Crippen LogP contribution in [-0.4, -0.2) is 29.5 Å². The molecular weight excluding hydrogens is 340 g/mol. The Labute approximate surface area is 160 Å². The molecule has 5 heteroatoms. The van der Waals surface area contributed by atoms with Crippen LogP contribution in [0.1, 0.15) is 56.4 Å². The number of carbonyl (C=O) groups excluding carboxylic acids is 1. The first-order valence-corrected chi connectivity index (χ1v) is 9.99. The Kier molecular flexibility index (Phi) is 5.21. The highest BCUT2D eigenvalue weighted by atomic mass is 16.5. The van der Waals surface area contributed by atoms with Crippen molar-refractivity contribution in [1.82, 2.24) is 10.2 Å². The van der Waals surface area contributed by atoms with Crippen molar-refractivity contribution in [1.29, 1.82) is 0 Å². The van der Waals surface area contributed by atoms with Crippen molar-refractivity contribution in [3.8, 4) is 5.75 Å². The molecule has 1 fully saturated rings. The summed E-state index contributed by atoms with van der Waals surface area (Å²) in [5.74, 6) is 2.06. The van der Waals surface area contributed by atoms with Gasteiger partial charge in [-0.2, -0.15) is 0 Å². The first kappa shape index (κ1) is 18.1. The normalized spacial score (nSPS) is 21.4. The predicted octanol–water partition coefficient (Wildman–Crippen LogP) is 4.05. The van der Waals surface area contributed by atoms with Crippen molar-refractivity contribution >= 4 is 5.91 Å². The maximum absolute atomic E-state index is 12.3. The Morgan fingerprint density at radius 2 is 2.04 bits per heavy atom. The van der Waals surface area contributed by atoms with Crippen LogP contribution >= 0.6 is 0 Å². The van der Waals surface area contributed by atoms with Crippen molar-refractivity contribution in [3.05, 3.63) is 54.0 Å². The molecule has 1 saturated heterocycles. The molecular formula is C22H28N2O3. The number of hydrogen-bond donors (Lipinski definition) is 1. The van der Waals surface area contributed by atoms with Gasteiger partial charge in [0.1, 0.15) is 17.1 Å². The zero-order chi connectivity index (χ0) is 18.7. The Morgan fingerprint density at radius 3 is 2.78 bits per heavy atom. The zero-order valence-corrected chi connectivity index (χ0v) is 15.9. The molecule has 27 heavy (non-hydrogen) atoms. The SMILES string of the molecule is CCCC(=O)N[C@H]1CC2(CCN(Cc3ccco3)CC2)Oc2ccccc21. The van der Waals surface area contributed by atoms with E-state index in [1.807, 2.05) is 37.3 Å². The topological polar surface area (TPSA) is 54.7 Å². The third-order valence-corrected chi connectivity index (χ3v) is 5.74. The maximum Gasteiger partial charge on any atom is 0.220 e. The van der Waals surface area contributed by atoms with Gasteiger partial charge in [0.2, 0.25) is 5.91 Å². The van der Waals surface area contributed by atoms with Crippen molar-refractivity contribution in [2.75, 3.05) is 13.1 Å². The fraction of sp³-hybridized carbons (Fsp3) is 0.500. The van der Waals surface area contributed by atoms with E-state index < -0.39 is 0 Å². The lowest BCUT2D eigenvalue weighted by atomic mass is 9.80. The molecule has 1 aromatic heterocycles. The Hall–Kier alpha value is -2.27. The number of benzene rings is 1. The molecule has 5 nitrogen and oxygen atoms in total. The highest BCUT2D eigenvalue weighted by Gasteiger charge is 2.43.